The second-order valence-electron chi connectivity index (χ2n) is 4.12. The first-order chi connectivity index (χ1) is 7.19. The van der Waals surface area contributed by atoms with E-state index in [1.165, 1.54) is 6.42 Å². The van der Waals surface area contributed by atoms with Crippen molar-refractivity contribution in [3.05, 3.63) is 0 Å². The second-order valence-corrected chi connectivity index (χ2v) is 4.12. The Bertz CT molecular complexity index is 162. The topological polar surface area (TPSA) is 26.3 Å². The fourth-order valence-electron chi connectivity index (χ4n) is 1.66. The lowest BCUT2D eigenvalue weighted by Gasteiger charge is -2.19. The molecule has 2 nitrogen and oxygen atoms in total. The van der Waals surface area contributed by atoms with Crippen LogP contribution < -0.4 is 0 Å². The van der Waals surface area contributed by atoms with Gasteiger partial charge in [-0.05, 0) is 25.7 Å². The van der Waals surface area contributed by atoms with E-state index in [9.17, 15) is 4.79 Å². The van der Waals surface area contributed by atoms with Crippen molar-refractivity contribution in [1.82, 2.24) is 0 Å². The van der Waals surface area contributed by atoms with E-state index in [1.807, 2.05) is 13.8 Å². The highest BCUT2D eigenvalue weighted by atomic mass is 16.5. The molecule has 0 aliphatic heterocycles. The molecule has 0 saturated carbocycles. The minimum absolute atomic E-state index is 0.00273. The van der Waals surface area contributed by atoms with Crippen molar-refractivity contribution >= 4 is 5.97 Å². The summed E-state index contributed by atoms with van der Waals surface area (Å²) in [5.41, 5.74) is 0. The first-order valence-corrected chi connectivity index (χ1v) is 6.39. The molecule has 0 aromatic carbocycles. The van der Waals surface area contributed by atoms with Crippen molar-refractivity contribution in [2.45, 2.75) is 72.3 Å². The highest BCUT2D eigenvalue weighted by molar-refractivity contribution is 5.72. The standard InChI is InChI=1S/C13H26O2/c1-5-9-10-12(8-4)15-13(14)11(6-2)7-3/h11-12H,5-10H2,1-4H3. The van der Waals surface area contributed by atoms with Gasteiger partial charge in [-0.1, -0.05) is 40.5 Å². The fourth-order valence-corrected chi connectivity index (χ4v) is 1.66. The predicted molar refractivity (Wildman–Crippen MR) is 63.8 cm³/mol. The third kappa shape index (κ3) is 5.81. The van der Waals surface area contributed by atoms with Gasteiger partial charge in [0.15, 0.2) is 0 Å². The van der Waals surface area contributed by atoms with Crippen LogP contribution in [0.15, 0.2) is 0 Å². The molecule has 0 bridgehead atoms. The van der Waals surface area contributed by atoms with Gasteiger partial charge >= 0.3 is 5.97 Å². The Morgan fingerprint density at radius 1 is 1.07 bits per heavy atom. The molecular formula is C13H26O2. The summed E-state index contributed by atoms with van der Waals surface area (Å²) in [4.78, 5) is 11.7. The van der Waals surface area contributed by atoms with Crippen LogP contribution in [0.4, 0.5) is 0 Å². The number of carbonyl (C=O) groups is 1. The van der Waals surface area contributed by atoms with Crippen LogP contribution in [0.5, 0.6) is 0 Å². The van der Waals surface area contributed by atoms with Gasteiger partial charge in [-0.25, -0.2) is 0 Å². The summed E-state index contributed by atoms with van der Waals surface area (Å²) >= 11 is 0. The molecule has 0 heterocycles. The molecule has 0 amide bonds. The number of carbonyl (C=O) groups excluding carboxylic acids is 1. The van der Waals surface area contributed by atoms with Gasteiger partial charge < -0.3 is 4.74 Å². The van der Waals surface area contributed by atoms with Crippen molar-refractivity contribution in [1.29, 1.82) is 0 Å². The number of ether oxygens (including phenoxy) is 1. The SMILES string of the molecule is CCCCC(CC)OC(=O)C(CC)CC. The van der Waals surface area contributed by atoms with Gasteiger partial charge in [0, 0.05) is 0 Å². The van der Waals surface area contributed by atoms with Crippen molar-refractivity contribution < 1.29 is 9.53 Å². The van der Waals surface area contributed by atoms with Gasteiger partial charge in [0.05, 0.1) is 5.92 Å². The highest BCUT2D eigenvalue weighted by Gasteiger charge is 2.19. The van der Waals surface area contributed by atoms with Crippen molar-refractivity contribution in [3.63, 3.8) is 0 Å². The molecule has 0 N–H and O–H groups in total. The van der Waals surface area contributed by atoms with E-state index in [2.05, 4.69) is 13.8 Å². The molecule has 0 radical (unpaired) electrons. The Morgan fingerprint density at radius 2 is 1.67 bits per heavy atom. The maximum absolute atomic E-state index is 11.7. The zero-order valence-electron chi connectivity index (χ0n) is 10.7. The lowest BCUT2D eigenvalue weighted by Crippen LogP contribution is -2.23. The molecule has 0 fully saturated rings. The molecule has 0 aromatic heterocycles. The Labute approximate surface area is 94.4 Å². The molecule has 15 heavy (non-hydrogen) atoms. The molecule has 0 aliphatic carbocycles. The highest BCUT2D eigenvalue weighted by Crippen LogP contribution is 2.15. The van der Waals surface area contributed by atoms with Crippen LogP contribution in [-0.4, -0.2) is 12.1 Å². The molecule has 90 valence electrons. The van der Waals surface area contributed by atoms with Crippen molar-refractivity contribution in [2.75, 3.05) is 0 Å². The number of esters is 1. The van der Waals surface area contributed by atoms with E-state index in [0.717, 1.165) is 32.1 Å². The van der Waals surface area contributed by atoms with Crippen LogP contribution >= 0.6 is 0 Å². The second kappa shape index (κ2) is 8.75. The van der Waals surface area contributed by atoms with E-state index in [1.54, 1.807) is 0 Å². The Hall–Kier alpha value is -0.530. The van der Waals surface area contributed by atoms with Gasteiger partial charge in [-0.15, -0.1) is 0 Å². The van der Waals surface area contributed by atoms with Crippen LogP contribution in [0.1, 0.15) is 66.2 Å². The van der Waals surface area contributed by atoms with Crippen LogP contribution in [-0.2, 0) is 9.53 Å². The van der Waals surface area contributed by atoms with E-state index in [-0.39, 0.29) is 18.0 Å². The van der Waals surface area contributed by atoms with Crippen LogP contribution in [0.25, 0.3) is 0 Å². The van der Waals surface area contributed by atoms with Crippen LogP contribution in [0, 0.1) is 5.92 Å². The Kier molecular flexibility index (Phi) is 8.44. The monoisotopic (exact) mass is 214 g/mol. The van der Waals surface area contributed by atoms with Crippen molar-refractivity contribution in [2.24, 2.45) is 5.92 Å². The van der Waals surface area contributed by atoms with Crippen LogP contribution in [0.2, 0.25) is 0 Å². The summed E-state index contributed by atoms with van der Waals surface area (Å²) in [5.74, 6) is 0.101. The molecule has 1 atom stereocenters. The summed E-state index contributed by atoms with van der Waals surface area (Å²) in [6.07, 6.45) is 6.18. The lowest BCUT2D eigenvalue weighted by molar-refractivity contribution is -0.154. The smallest absolute Gasteiger partial charge is 0.309 e. The summed E-state index contributed by atoms with van der Waals surface area (Å²) in [6, 6.07) is 0. The molecular weight excluding hydrogens is 188 g/mol. The molecule has 0 aromatic rings. The summed E-state index contributed by atoms with van der Waals surface area (Å²) in [6.45, 7) is 8.33. The number of hydrogen-bond donors (Lipinski definition) is 0. The zero-order valence-corrected chi connectivity index (χ0v) is 10.7. The predicted octanol–water partition coefficient (Wildman–Crippen LogP) is 3.93. The molecule has 0 spiro atoms. The maximum Gasteiger partial charge on any atom is 0.309 e. The molecule has 0 aliphatic rings. The van der Waals surface area contributed by atoms with Gasteiger partial charge in [-0.2, -0.15) is 0 Å². The Balaban J connectivity index is 3.98. The van der Waals surface area contributed by atoms with E-state index in [4.69, 9.17) is 4.74 Å². The average molecular weight is 214 g/mol. The summed E-state index contributed by atoms with van der Waals surface area (Å²) < 4.78 is 5.51. The summed E-state index contributed by atoms with van der Waals surface area (Å²) in [5, 5.41) is 0. The van der Waals surface area contributed by atoms with E-state index >= 15 is 0 Å². The molecule has 0 rings (SSSR count). The normalized spacial score (nSPS) is 12.9. The van der Waals surface area contributed by atoms with Gasteiger partial charge in [-0.3, -0.25) is 4.79 Å². The van der Waals surface area contributed by atoms with Crippen LogP contribution in [0.3, 0.4) is 0 Å². The minimum Gasteiger partial charge on any atom is -0.462 e. The minimum atomic E-state index is 0.00273. The third-order valence-electron chi connectivity index (χ3n) is 2.94. The van der Waals surface area contributed by atoms with Gasteiger partial charge in [0.1, 0.15) is 6.10 Å². The zero-order chi connectivity index (χ0) is 11.7. The van der Waals surface area contributed by atoms with E-state index < -0.39 is 0 Å². The molecule has 0 saturated heterocycles. The molecule has 2 heteroatoms. The average Bonchev–Trinajstić information content (AvgIpc) is 2.25. The number of rotatable bonds is 8. The fraction of sp³-hybridized carbons (Fsp3) is 0.923. The quantitative estimate of drug-likeness (QED) is 0.572. The maximum atomic E-state index is 11.7. The first-order valence-electron chi connectivity index (χ1n) is 6.39. The third-order valence-corrected chi connectivity index (χ3v) is 2.94. The first kappa shape index (κ1) is 14.5. The number of hydrogen-bond acceptors (Lipinski definition) is 2. The van der Waals surface area contributed by atoms with Gasteiger partial charge in [0.25, 0.3) is 0 Å². The largest absolute Gasteiger partial charge is 0.462 e. The summed E-state index contributed by atoms with van der Waals surface area (Å²) in [7, 11) is 0. The Morgan fingerprint density at radius 3 is 2.07 bits per heavy atom. The van der Waals surface area contributed by atoms with Gasteiger partial charge in [0.2, 0.25) is 0 Å². The van der Waals surface area contributed by atoms with Crippen molar-refractivity contribution in [3.8, 4) is 0 Å². The molecule has 1 unspecified atom stereocenters. The number of unbranched alkanes of at least 4 members (excludes halogenated alkanes) is 1. The lowest BCUT2D eigenvalue weighted by atomic mass is 10.0. The van der Waals surface area contributed by atoms with E-state index in [0.29, 0.717) is 0 Å².